The molecule has 0 unspecified atom stereocenters. The van der Waals surface area contributed by atoms with Crippen LogP contribution < -0.4 is 15.4 Å². The van der Waals surface area contributed by atoms with E-state index in [4.69, 9.17) is 11.2 Å². The Morgan fingerprint density at radius 3 is 2.69 bits per heavy atom. The minimum atomic E-state index is -0.471. The van der Waals surface area contributed by atoms with Crippen molar-refractivity contribution in [3.63, 3.8) is 0 Å². The lowest BCUT2D eigenvalue weighted by atomic mass is 10.1. The van der Waals surface area contributed by atoms with Crippen LogP contribution in [0, 0.1) is 18.2 Å². The van der Waals surface area contributed by atoms with E-state index in [2.05, 4.69) is 16.6 Å². The minimum Gasteiger partial charge on any atom is -0.494 e. The summed E-state index contributed by atoms with van der Waals surface area (Å²) in [5.74, 6) is 1.36. The van der Waals surface area contributed by atoms with Gasteiger partial charge in [-0.25, -0.2) is 4.39 Å². The molecule has 0 spiro atoms. The van der Waals surface area contributed by atoms with Gasteiger partial charge in [-0.3, -0.25) is 9.59 Å². The van der Waals surface area contributed by atoms with Crippen LogP contribution in [0.15, 0.2) is 42.5 Å². The third-order valence-corrected chi connectivity index (χ3v) is 3.65. The van der Waals surface area contributed by atoms with E-state index in [9.17, 15) is 14.0 Å². The Bertz CT molecular complexity index is 843. The predicted octanol–water partition coefficient (Wildman–Crippen LogP) is 2.77. The number of nitrogens with one attached hydrogen (secondary N) is 2. The molecule has 0 aliphatic heterocycles. The molecule has 0 bridgehead atoms. The van der Waals surface area contributed by atoms with Crippen LogP contribution in [-0.2, 0) is 11.2 Å². The van der Waals surface area contributed by atoms with Crippen LogP contribution >= 0.6 is 0 Å². The molecule has 0 fully saturated rings. The average molecular weight is 354 g/mol. The number of halogens is 1. The van der Waals surface area contributed by atoms with E-state index in [1.54, 1.807) is 30.3 Å². The highest BCUT2D eigenvalue weighted by Gasteiger charge is 2.13. The summed E-state index contributed by atoms with van der Waals surface area (Å²) < 4.78 is 18.5. The zero-order chi connectivity index (χ0) is 18.9. The van der Waals surface area contributed by atoms with Gasteiger partial charge in [-0.05, 0) is 36.2 Å². The Kier molecular flexibility index (Phi) is 6.75. The highest BCUT2D eigenvalue weighted by Crippen LogP contribution is 2.19. The van der Waals surface area contributed by atoms with Crippen molar-refractivity contribution >= 4 is 17.5 Å². The van der Waals surface area contributed by atoms with Crippen LogP contribution in [0.2, 0.25) is 0 Å². The summed E-state index contributed by atoms with van der Waals surface area (Å²) in [4.78, 5) is 24.3. The maximum Gasteiger partial charge on any atom is 0.254 e. The Balaban J connectivity index is 1.99. The summed E-state index contributed by atoms with van der Waals surface area (Å²) in [5.41, 5.74) is 1.40. The first-order valence-corrected chi connectivity index (χ1v) is 7.98. The maximum atomic E-state index is 13.7. The van der Waals surface area contributed by atoms with Gasteiger partial charge in [0.15, 0.2) is 11.6 Å². The number of hydrogen-bond donors (Lipinski definition) is 2. The summed E-state index contributed by atoms with van der Waals surface area (Å²) in [5, 5.41) is 5.26. The number of carbonyl (C=O) groups is 2. The first-order chi connectivity index (χ1) is 12.5. The lowest BCUT2D eigenvalue weighted by Gasteiger charge is -2.11. The van der Waals surface area contributed by atoms with Crippen molar-refractivity contribution < 1.29 is 18.7 Å². The smallest absolute Gasteiger partial charge is 0.254 e. The average Bonchev–Trinajstić information content (AvgIpc) is 2.65. The molecule has 2 aromatic rings. The molecule has 0 aromatic heterocycles. The highest BCUT2D eigenvalue weighted by atomic mass is 19.1. The molecule has 2 N–H and O–H groups in total. The summed E-state index contributed by atoms with van der Waals surface area (Å²) in [6.07, 6.45) is 5.63. The molecule has 2 aromatic carbocycles. The van der Waals surface area contributed by atoms with E-state index in [0.29, 0.717) is 23.2 Å². The largest absolute Gasteiger partial charge is 0.494 e. The molecule has 0 saturated heterocycles. The quantitative estimate of drug-likeness (QED) is 0.752. The third-order valence-electron chi connectivity index (χ3n) is 3.65. The number of benzene rings is 2. The molecule has 2 rings (SSSR count). The lowest BCUT2D eigenvalue weighted by molar-refractivity contribution is -0.116. The molecule has 0 aliphatic rings. The van der Waals surface area contributed by atoms with Crippen molar-refractivity contribution in [2.45, 2.75) is 12.8 Å². The van der Waals surface area contributed by atoms with Gasteiger partial charge < -0.3 is 15.4 Å². The van der Waals surface area contributed by atoms with E-state index in [1.807, 2.05) is 0 Å². The Hall–Kier alpha value is -3.33. The Labute approximate surface area is 151 Å². The topological polar surface area (TPSA) is 67.4 Å². The zero-order valence-corrected chi connectivity index (χ0v) is 14.3. The van der Waals surface area contributed by atoms with Gasteiger partial charge in [0.05, 0.1) is 24.9 Å². The van der Waals surface area contributed by atoms with Crippen LogP contribution in [0.1, 0.15) is 22.3 Å². The number of amides is 2. The summed E-state index contributed by atoms with van der Waals surface area (Å²) in [6, 6.07) is 11.2. The van der Waals surface area contributed by atoms with Crippen LogP contribution in [0.25, 0.3) is 0 Å². The van der Waals surface area contributed by atoms with Crippen molar-refractivity contribution in [1.29, 1.82) is 0 Å². The molecule has 0 heterocycles. The fourth-order valence-corrected chi connectivity index (χ4v) is 2.35. The molecule has 5 nitrogen and oxygen atoms in total. The molecule has 2 amide bonds. The number of carbonyl (C=O) groups excluding carboxylic acids is 2. The number of para-hydroxylation sites is 1. The first kappa shape index (κ1) is 19.0. The number of hydrogen-bond acceptors (Lipinski definition) is 3. The van der Waals surface area contributed by atoms with Crippen molar-refractivity contribution in [1.82, 2.24) is 5.32 Å². The third kappa shape index (κ3) is 5.08. The fraction of sp³-hybridized carbons (Fsp3) is 0.200. The summed E-state index contributed by atoms with van der Waals surface area (Å²) in [7, 11) is 1.39. The molecule has 6 heteroatoms. The Morgan fingerprint density at radius 2 is 2.00 bits per heavy atom. The molecular weight excluding hydrogens is 335 g/mol. The first-order valence-electron chi connectivity index (χ1n) is 7.98. The predicted molar refractivity (Wildman–Crippen MR) is 97.5 cm³/mol. The van der Waals surface area contributed by atoms with Gasteiger partial charge in [0, 0.05) is 6.42 Å². The number of rotatable bonds is 7. The second kappa shape index (κ2) is 9.23. The maximum absolute atomic E-state index is 13.7. The molecule has 0 saturated carbocycles. The number of anilines is 1. The van der Waals surface area contributed by atoms with Gasteiger partial charge in [-0.15, -0.1) is 6.42 Å². The van der Waals surface area contributed by atoms with Gasteiger partial charge in [0.1, 0.15) is 0 Å². The van der Waals surface area contributed by atoms with Crippen molar-refractivity contribution in [2.75, 3.05) is 19.0 Å². The Morgan fingerprint density at radius 1 is 1.23 bits per heavy atom. The van der Waals surface area contributed by atoms with Gasteiger partial charge >= 0.3 is 0 Å². The number of methoxy groups -OCH3 is 1. The van der Waals surface area contributed by atoms with Crippen molar-refractivity contribution in [2.24, 2.45) is 0 Å². The van der Waals surface area contributed by atoms with E-state index >= 15 is 0 Å². The van der Waals surface area contributed by atoms with E-state index in [-0.39, 0.29) is 30.5 Å². The second-order valence-electron chi connectivity index (χ2n) is 5.45. The lowest BCUT2D eigenvalue weighted by Crippen LogP contribution is -2.25. The number of ether oxygens (including phenoxy) is 1. The van der Waals surface area contributed by atoms with Crippen LogP contribution in [0.3, 0.4) is 0 Å². The summed E-state index contributed by atoms with van der Waals surface area (Å²) in [6.45, 7) is 0.101. The zero-order valence-electron chi connectivity index (χ0n) is 14.3. The molecular formula is C20H19FN2O3. The van der Waals surface area contributed by atoms with Crippen LogP contribution in [0.4, 0.5) is 10.1 Å². The van der Waals surface area contributed by atoms with E-state index in [0.717, 1.165) is 0 Å². The molecule has 0 atom stereocenters. The minimum absolute atomic E-state index is 0.101. The fourth-order valence-electron chi connectivity index (χ4n) is 2.35. The number of aryl methyl sites for hydroxylation is 1. The van der Waals surface area contributed by atoms with Crippen LogP contribution in [0.5, 0.6) is 5.75 Å². The van der Waals surface area contributed by atoms with E-state index in [1.165, 1.54) is 19.2 Å². The van der Waals surface area contributed by atoms with Crippen molar-refractivity contribution in [3.05, 3.63) is 59.4 Å². The number of terminal acetylenes is 1. The molecule has 0 radical (unpaired) electrons. The highest BCUT2D eigenvalue weighted by molar-refractivity contribution is 6.03. The van der Waals surface area contributed by atoms with E-state index < -0.39 is 5.82 Å². The monoisotopic (exact) mass is 354 g/mol. The van der Waals surface area contributed by atoms with Crippen LogP contribution in [-0.4, -0.2) is 25.5 Å². The van der Waals surface area contributed by atoms with Gasteiger partial charge in [-0.1, -0.05) is 24.1 Å². The molecule has 0 aliphatic carbocycles. The van der Waals surface area contributed by atoms with Gasteiger partial charge in [-0.2, -0.15) is 0 Å². The van der Waals surface area contributed by atoms with Gasteiger partial charge in [0.2, 0.25) is 5.91 Å². The van der Waals surface area contributed by atoms with Crippen molar-refractivity contribution in [3.8, 4) is 18.1 Å². The second-order valence-corrected chi connectivity index (χ2v) is 5.45. The molecule has 26 heavy (non-hydrogen) atoms. The normalized spacial score (nSPS) is 9.88. The van der Waals surface area contributed by atoms with Gasteiger partial charge in [0.25, 0.3) is 5.91 Å². The standard InChI is InChI=1S/C20H19FN2O3/c1-3-12-22-20(25)15-6-4-5-7-17(15)23-19(24)11-9-14-8-10-18(26-2)16(21)13-14/h1,4-8,10,13H,9,11-12H2,2H3,(H,22,25)(H,23,24). The SMILES string of the molecule is C#CCNC(=O)c1ccccc1NC(=O)CCc1ccc(OC)c(F)c1. The molecule has 134 valence electrons. The summed E-state index contributed by atoms with van der Waals surface area (Å²) >= 11 is 0.